The maximum absolute atomic E-state index is 10.8. The zero-order valence-corrected chi connectivity index (χ0v) is 10.8. The van der Waals surface area contributed by atoms with E-state index in [2.05, 4.69) is 15.3 Å². The highest BCUT2D eigenvalue weighted by molar-refractivity contribution is 5.88. The number of benzene rings is 1. The van der Waals surface area contributed by atoms with Crippen LogP contribution in [-0.4, -0.2) is 21.0 Å². The van der Waals surface area contributed by atoms with Crippen molar-refractivity contribution in [3.8, 4) is 0 Å². The molecule has 0 bridgehead atoms. The average Bonchev–Trinajstić information content (AvgIpc) is 2.39. The Kier molecular flexibility index (Phi) is 3.75. The molecule has 1 aromatic carbocycles. The molecule has 0 radical (unpaired) electrons. The van der Waals surface area contributed by atoms with Gasteiger partial charge in [-0.25, -0.2) is 4.79 Å². The Morgan fingerprint density at radius 2 is 2.05 bits per heavy atom. The van der Waals surface area contributed by atoms with Gasteiger partial charge in [0.15, 0.2) is 0 Å². The van der Waals surface area contributed by atoms with Gasteiger partial charge in [-0.2, -0.15) is 0 Å². The van der Waals surface area contributed by atoms with Crippen LogP contribution in [0.3, 0.4) is 0 Å². The second-order valence-corrected chi connectivity index (χ2v) is 4.34. The quantitative estimate of drug-likeness (QED) is 0.879. The van der Waals surface area contributed by atoms with Crippen LogP contribution >= 0.6 is 0 Å². The Balaban J connectivity index is 2.07. The molecule has 5 nitrogen and oxygen atoms in total. The molecule has 0 aliphatic heterocycles. The van der Waals surface area contributed by atoms with Crippen molar-refractivity contribution in [2.24, 2.45) is 0 Å². The van der Waals surface area contributed by atoms with Crippen molar-refractivity contribution in [1.29, 1.82) is 0 Å². The molecular weight excluding hydrogens is 242 g/mol. The van der Waals surface area contributed by atoms with Gasteiger partial charge < -0.3 is 10.4 Å². The smallest absolute Gasteiger partial charge is 0.335 e. The topological polar surface area (TPSA) is 75.1 Å². The summed E-state index contributed by atoms with van der Waals surface area (Å²) < 4.78 is 0. The largest absolute Gasteiger partial charge is 0.478 e. The molecule has 98 valence electrons. The van der Waals surface area contributed by atoms with Crippen LogP contribution in [0.25, 0.3) is 0 Å². The Hall–Kier alpha value is -2.43. The van der Waals surface area contributed by atoms with Crippen LogP contribution in [-0.2, 0) is 6.54 Å². The van der Waals surface area contributed by atoms with Crippen molar-refractivity contribution < 1.29 is 9.90 Å². The first-order chi connectivity index (χ1) is 9.06. The molecule has 5 heteroatoms. The van der Waals surface area contributed by atoms with E-state index in [-0.39, 0.29) is 5.56 Å². The molecule has 1 heterocycles. The number of nitrogens with zero attached hydrogens (tertiary/aromatic N) is 2. The fraction of sp³-hybridized carbons (Fsp3) is 0.214. The van der Waals surface area contributed by atoms with Crippen molar-refractivity contribution in [3.05, 3.63) is 53.1 Å². The first-order valence-corrected chi connectivity index (χ1v) is 5.91. The lowest BCUT2D eigenvalue weighted by Gasteiger charge is -2.09. The van der Waals surface area contributed by atoms with Crippen LogP contribution in [0, 0.1) is 13.8 Å². The number of carbonyl (C=O) groups is 1. The summed E-state index contributed by atoms with van der Waals surface area (Å²) in [6, 6.07) is 4.99. The molecule has 2 rings (SSSR count). The van der Waals surface area contributed by atoms with E-state index in [1.165, 1.54) is 0 Å². The van der Waals surface area contributed by atoms with Gasteiger partial charge in [0, 0.05) is 11.9 Å². The number of carboxylic acid groups (broad SMARTS) is 1. The minimum absolute atomic E-state index is 0.290. The van der Waals surface area contributed by atoms with Gasteiger partial charge in [0.05, 0.1) is 29.7 Å². The van der Waals surface area contributed by atoms with Gasteiger partial charge in [-0.3, -0.25) is 9.97 Å². The first kappa shape index (κ1) is 13.0. The Bertz CT molecular complexity index is 594. The molecule has 0 aliphatic carbocycles. The van der Waals surface area contributed by atoms with E-state index in [4.69, 9.17) is 5.11 Å². The second kappa shape index (κ2) is 5.48. The summed E-state index contributed by atoms with van der Waals surface area (Å²) in [6.07, 6.45) is 3.45. The lowest BCUT2D eigenvalue weighted by atomic mass is 10.1. The van der Waals surface area contributed by atoms with E-state index in [0.717, 1.165) is 22.6 Å². The molecule has 2 N–H and O–H groups in total. The number of hydrogen-bond acceptors (Lipinski definition) is 4. The van der Waals surface area contributed by atoms with Crippen molar-refractivity contribution in [2.75, 3.05) is 5.32 Å². The number of nitrogens with one attached hydrogen (secondary N) is 1. The fourth-order valence-corrected chi connectivity index (χ4v) is 1.69. The number of anilines is 1. The second-order valence-electron chi connectivity index (χ2n) is 4.34. The average molecular weight is 257 g/mol. The minimum Gasteiger partial charge on any atom is -0.478 e. The minimum atomic E-state index is -0.918. The predicted molar refractivity (Wildman–Crippen MR) is 72.2 cm³/mol. The highest BCUT2D eigenvalue weighted by Gasteiger charge is 2.05. The molecular formula is C14H15N3O2. The maximum atomic E-state index is 10.8. The van der Waals surface area contributed by atoms with Crippen LogP contribution in [0.4, 0.5) is 5.69 Å². The summed E-state index contributed by atoms with van der Waals surface area (Å²) in [6.45, 7) is 4.31. The number of aryl methyl sites for hydroxylation is 2. The number of hydrogen-bond donors (Lipinski definition) is 2. The highest BCUT2D eigenvalue weighted by atomic mass is 16.4. The SMILES string of the molecule is Cc1cnc(CNc2ccc(C(=O)O)cc2C)cn1. The summed E-state index contributed by atoms with van der Waals surface area (Å²) in [7, 11) is 0. The van der Waals surface area contributed by atoms with Crippen molar-refractivity contribution >= 4 is 11.7 Å². The van der Waals surface area contributed by atoms with E-state index in [1.54, 1.807) is 30.6 Å². The van der Waals surface area contributed by atoms with E-state index in [1.807, 2.05) is 13.8 Å². The zero-order chi connectivity index (χ0) is 13.8. The summed E-state index contributed by atoms with van der Waals surface area (Å²) in [5.74, 6) is -0.918. The van der Waals surface area contributed by atoms with Gasteiger partial charge in [0.25, 0.3) is 0 Å². The summed E-state index contributed by atoms with van der Waals surface area (Å²) in [4.78, 5) is 19.3. The third kappa shape index (κ3) is 3.28. The van der Waals surface area contributed by atoms with Gasteiger partial charge in [-0.05, 0) is 37.6 Å². The molecule has 0 amide bonds. The molecule has 2 aromatic rings. The van der Waals surface area contributed by atoms with E-state index >= 15 is 0 Å². The number of aromatic nitrogens is 2. The summed E-state index contributed by atoms with van der Waals surface area (Å²) >= 11 is 0. The van der Waals surface area contributed by atoms with Crippen molar-refractivity contribution in [1.82, 2.24) is 9.97 Å². The van der Waals surface area contributed by atoms with Crippen LogP contribution in [0.15, 0.2) is 30.6 Å². The molecule has 0 fully saturated rings. The summed E-state index contributed by atoms with van der Waals surface area (Å²) in [5, 5.41) is 12.1. The van der Waals surface area contributed by atoms with Crippen molar-refractivity contribution in [3.63, 3.8) is 0 Å². The van der Waals surface area contributed by atoms with Crippen LogP contribution in [0.5, 0.6) is 0 Å². The molecule has 0 spiro atoms. The molecule has 0 aliphatic rings. The molecule has 0 atom stereocenters. The van der Waals surface area contributed by atoms with Gasteiger partial charge >= 0.3 is 5.97 Å². The Labute approximate surface area is 111 Å². The van der Waals surface area contributed by atoms with Gasteiger partial charge in [0.2, 0.25) is 0 Å². The molecule has 0 saturated heterocycles. The lowest BCUT2D eigenvalue weighted by molar-refractivity contribution is 0.0697. The van der Waals surface area contributed by atoms with Crippen LogP contribution < -0.4 is 5.32 Å². The first-order valence-electron chi connectivity index (χ1n) is 5.91. The van der Waals surface area contributed by atoms with E-state index < -0.39 is 5.97 Å². The molecule has 0 saturated carbocycles. The molecule has 1 aromatic heterocycles. The lowest BCUT2D eigenvalue weighted by Crippen LogP contribution is -2.05. The molecule has 19 heavy (non-hydrogen) atoms. The standard InChI is InChI=1S/C14H15N3O2/c1-9-5-11(14(18)19)3-4-13(9)17-8-12-7-15-10(2)6-16-12/h3-7,17H,8H2,1-2H3,(H,18,19). The van der Waals surface area contributed by atoms with Gasteiger partial charge in [0.1, 0.15) is 0 Å². The number of aromatic carboxylic acids is 1. The highest BCUT2D eigenvalue weighted by Crippen LogP contribution is 2.17. The fourth-order valence-electron chi connectivity index (χ4n) is 1.69. The van der Waals surface area contributed by atoms with Gasteiger partial charge in [-0.15, -0.1) is 0 Å². The third-order valence-electron chi connectivity index (χ3n) is 2.77. The number of carboxylic acids is 1. The zero-order valence-electron chi connectivity index (χ0n) is 10.8. The summed E-state index contributed by atoms with van der Waals surface area (Å²) in [5.41, 5.74) is 3.79. The Morgan fingerprint density at radius 1 is 1.26 bits per heavy atom. The monoisotopic (exact) mass is 257 g/mol. The van der Waals surface area contributed by atoms with Crippen LogP contribution in [0.1, 0.15) is 27.3 Å². The third-order valence-corrected chi connectivity index (χ3v) is 2.77. The molecule has 0 unspecified atom stereocenters. The number of rotatable bonds is 4. The van der Waals surface area contributed by atoms with Gasteiger partial charge in [-0.1, -0.05) is 0 Å². The normalized spacial score (nSPS) is 10.2. The predicted octanol–water partition coefficient (Wildman–Crippen LogP) is 2.40. The van der Waals surface area contributed by atoms with Crippen molar-refractivity contribution in [2.45, 2.75) is 20.4 Å². The van der Waals surface area contributed by atoms with Crippen LogP contribution in [0.2, 0.25) is 0 Å². The Morgan fingerprint density at radius 3 is 2.63 bits per heavy atom. The maximum Gasteiger partial charge on any atom is 0.335 e. The van der Waals surface area contributed by atoms with E-state index in [0.29, 0.717) is 6.54 Å². The van der Waals surface area contributed by atoms with E-state index in [9.17, 15) is 4.79 Å².